The molecule has 2 aliphatic rings. The average Bonchev–Trinajstić information content (AvgIpc) is 3.09. The number of nitrogens with zero attached hydrogens (tertiary/aromatic N) is 2. The highest BCUT2D eigenvalue weighted by molar-refractivity contribution is 5.42. The van der Waals surface area contributed by atoms with Crippen molar-refractivity contribution >= 4 is 5.95 Å². The van der Waals surface area contributed by atoms with Crippen molar-refractivity contribution in [2.45, 2.75) is 44.7 Å². The summed E-state index contributed by atoms with van der Waals surface area (Å²) in [6.07, 6.45) is 7.13. The van der Waals surface area contributed by atoms with Crippen molar-refractivity contribution in [2.75, 3.05) is 5.32 Å². The second-order valence-electron chi connectivity index (χ2n) is 5.78. The van der Waals surface area contributed by atoms with Gasteiger partial charge in [0, 0.05) is 12.2 Å². The van der Waals surface area contributed by atoms with Gasteiger partial charge in [0.1, 0.15) is 0 Å². The van der Waals surface area contributed by atoms with Gasteiger partial charge in [0.15, 0.2) is 0 Å². The van der Waals surface area contributed by atoms with E-state index in [0.29, 0.717) is 12.1 Å². The van der Waals surface area contributed by atoms with Crippen molar-refractivity contribution in [3.63, 3.8) is 0 Å². The SMILES string of the molecule is Cc1cn(C2CC2)c(NC2CCc3ccccc32)n1. The van der Waals surface area contributed by atoms with E-state index in [4.69, 9.17) is 0 Å². The topological polar surface area (TPSA) is 29.9 Å². The predicted molar refractivity (Wildman–Crippen MR) is 76.4 cm³/mol. The fourth-order valence-corrected chi connectivity index (χ4v) is 3.12. The normalized spacial score (nSPS) is 21.4. The van der Waals surface area contributed by atoms with Gasteiger partial charge in [-0.25, -0.2) is 4.98 Å². The number of imidazole rings is 1. The van der Waals surface area contributed by atoms with Gasteiger partial charge >= 0.3 is 0 Å². The van der Waals surface area contributed by atoms with Crippen molar-refractivity contribution in [3.05, 3.63) is 47.3 Å². The van der Waals surface area contributed by atoms with Crippen LogP contribution in [0.3, 0.4) is 0 Å². The molecule has 0 radical (unpaired) electrons. The van der Waals surface area contributed by atoms with Crippen molar-refractivity contribution in [2.24, 2.45) is 0 Å². The maximum absolute atomic E-state index is 4.66. The minimum absolute atomic E-state index is 0.426. The molecule has 1 aromatic heterocycles. The number of hydrogen-bond acceptors (Lipinski definition) is 2. The molecule has 1 atom stereocenters. The van der Waals surface area contributed by atoms with E-state index in [2.05, 4.69) is 52.3 Å². The van der Waals surface area contributed by atoms with E-state index in [-0.39, 0.29) is 0 Å². The van der Waals surface area contributed by atoms with Crippen LogP contribution in [-0.4, -0.2) is 9.55 Å². The molecule has 0 spiro atoms. The fourth-order valence-electron chi connectivity index (χ4n) is 3.12. The molecule has 2 aromatic rings. The van der Waals surface area contributed by atoms with Crippen molar-refractivity contribution in [1.82, 2.24) is 9.55 Å². The molecule has 1 aromatic carbocycles. The predicted octanol–water partition coefficient (Wildman–Crippen LogP) is 3.63. The molecule has 4 rings (SSSR count). The lowest BCUT2D eigenvalue weighted by Gasteiger charge is -2.16. The molecule has 0 saturated heterocycles. The Bertz CT molecular complexity index is 610. The molecule has 19 heavy (non-hydrogen) atoms. The second kappa shape index (κ2) is 4.12. The van der Waals surface area contributed by atoms with Crippen molar-refractivity contribution in [1.29, 1.82) is 0 Å². The van der Waals surface area contributed by atoms with E-state index in [1.165, 1.54) is 36.8 Å². The molecule has 1 saturated carbocycles. The van der Waals surface area contributed by atoms with Gasteiger partial charge < -0.3 is 9.88 Å². The maximum Gasteiger partial charge on any atom is 0.203 e. The first-order chi connectivity index (χ1) is 9.31. The van der Waals surface area contributed by atoms with E-state index in [1.807, 2.05) is 0 Å². The van der Waals surface area contributed by atoms with Crippen molar-refractivity contribution < 1.29 is 0 Å². The van der Waals surface area contributed by atoms with Crippen LogP contribution in [0.15, 0.2) is 30.5 Å². The van der Waals surface area contributed by atoms with E-state index < -0.39 is 0 Å². The smallest absolute Gasteiger partial charge is 0.203 e. The summed E-state index contributed by atoms with van der Waals surface area (Å²) < 4.78 is 2.33. The molecule has 1 N–H and O–H groups in total. The molecule has 3 heteroatoms. The Morgan fingerprint density at radius 3 is 2.89 bits per heavy atom. The number of rotatable bonds is 3. The van der Waals surface area contributed by atoms with Crippen LogP contribution in [0.2, 0.25) is 0 Å². The van der Waals surface area contributed by atoms with Crippen LogP contribution >= 0.6 is 0 Å². The number of fused-ring (bicyclic) bond motifs is 1. The van der Waals surface area contributed by atoms with Gasteiger partial charge in [0.2, 0.25) is 5.95 Å². The first-order valence-electron chi connectivity index (χ1n) is 7.21. The van der Waals surface area contributed by atoms with E-state index in [0.717, 1.165) is 11.6 Å². The largest absolute Gasteiger partial charge is 0.349 e. The Hall–Kier alpha value is -1.77. The molecule has 1 unspecified atom stereocenters. The third-order valence-corrected chi connectivity index (χ3v) is 4.23. The third-order valence-electron chi connectivity index (χ3n) is 4.23. The van der Waals surface area contributed by atoms with Gasteiger partial charge in [-0.05, 0) is 43.7 Å². The maximum atomic E-state index is 4.66. The van der Waals surface area contributed by atoms with E-state index in [9.17, 15) is 0 Å². The monoisotopic (exact) mass is 253 g/mol. The number of nitrogens with one attached hydrogen (secondary N) is 1. The van der Waals surface area contributed by atoms with E-state index in [1.54, 1.807) is 0 Å². The molecule has 0 bridgehead atoms. The van der Waals surface area contributed by atoms with Gasteiger partial charge in [-0.2, -0.15) is 0 Å². The van der Waals surface area contributed by atoms with Gasteiger partial charge in [0.25, 0.3) is 0 Å². The summed E-state index contributed by atoms with van der Waals surface area (Å²) in [5.74, 6) is 1.06. The standard InChI is InChI=1S/C16H19N3/c1-11-10-19(13-7-8-13)16(17-11)18-15-9-6-12-4-2-3-5-14(12)15/h2-5,10,13,15H,6-9H2,1H3,(H,17,18). The number of anilines is 1. The Morgan fingerprint density at radius 1 is 1.21 bits per heavy atom. The summed E-state index contributed by atoms with van der Waals surface area (Å²) in [6, 6.07) is 9.87. The quantitative estimate of drug-likeness (QED) is 0.905. The minimum atomic E-state index is 0.426. The number of aryl methyl sites for hydroxylation is 2. The highest BCUT2D eigenvalue weighted by Gasteiger charge is 2.28. The number of benzene rings is 1. The first-order valence-corrected chi connectivity index (χ1v) is 7.21. The van der Waals surface area contributed by atoms with Crippen LogP contribution in [0.25, 0.3) is 0 Å². The fraction of sp³-hybridized carbons (Fsp3) is 0.438. The zero-order chi connectivity index (χ0) is 12.8. The van der Waals surface area contributed by atoms with Crippen LogP contribution in [0, 0.1) is 6.92 Å². The lowest BCUT2D eigenvalue weighted by atomic mass is 10.1. The Morgan fingerprint density at radius 2 is 2.05 bits per heavy atom. The van der Waals surface area contributed by atoms with Gasteiger partial charge in [-0.3, -0.25) is 0 Å². The van der Waals surface area contributed by atoms with Crippen LogP contribution in [0.1, 0.15) is 48.2 Å². The van der Waals surface area contributed by atoms with Gasteiger partial charge in [0.05, 0.1) is 11.7 Å². The molecule has 1 fully saturated rings. The van der Waals surface area contributed by atoms with Crippen LogP contribution < -0.4 is 5.32 Å². The third kappa shape index (κ3) is 1.93. The summed E-state index contributed by atoms with van der Waals surface area (Å²) in [6.45, 7) is 2.08. The van der Waals surface area contributed by atoms with Crippen LogP contribution in [0.4, 0.5) is 5.95 Å². The zero-order valence-corrected chi connectivity index (χ0v) is 11.3. The molecular formula is C16H19N3. The first kappa shape index (κ1) is 11.1. The Balaban J connectivity index is 1.62. The molecular weight excluding hydrogens is 234 g/mol. The highest BCUT2D eigenvalue weighted by atomic mass is 15.2. The number of aromatic nitrogens is 2. The Labute approximate surface area is 113 Å². The summed E-state index contributed by atoms with van der Waals surface area (Å²) in [5, 5.41) is 3.66. The lowest BCUT2D eigenvalue weighted by Crippen LogP contribution is -2.11. The summed E-state index contributed by atoms with van der Waals surface area (Å²) in [5.41, 5.74) is 4.05. The number of hydrogen-bond donors (Lipinski definition) is 1. The van der Waals surface area contributed by atoms with Crippen LogP contribution in [-0.2, 0) is 6.42 Å². The summed E-state index contributed by atoms with van der Waals surface area (Å²) in [4.78, 5) is 4.66. The molecule has 1 heterocycles. The Kier molecular flexibility index (Phi) is 2.40. The van der Waals surface area contributed by atoms with Gasteiger partial charge in [-0.15, -0.1) is 0 Å². The molecule has 2 aliphatic carbocycles. The average molecular weight is 253 g/mol. The molecule has 0 aliphatic heterocycles. The lowest BCUT2D eigenvalue weighted by molar-refractivity contribution is 0.701. The highest BCUT2D eigenvalue weighted by Crippen LogP contribution is 2.39. The van der Waals surface area contributed by atoms with E-state index >= 15 is 0 Å². The summed E-state index contributed by atoms with van der Waals surface area (Å²) in [7, 11) is 0. The summed E-state index contributed by atoms with van der Waals surface area (Å²) >= 11 is 0. The molecule has 0 amide bonds. The zero-order valence-electron chi connectivity index (χ0n) is 11.3. The van der Waals surface area contributed by atoms with Crippen LogP contribution in [0.5, 0.6) is 0 Å². The van der Waals surface area contributed by atoms with Crippen molar-refractivity contribution in [3.8, 4) is 0 Å². The molecule has 3 nitrogen and oxygen atoms in total. The molecule has 98 valence electrons. The second-order valence-corrected chi connectivity index (χ2v) is 5.78. The minimum Gasteiger partial charge on any atom is -0.349 e. The van der Waals surface area contributed by atoms with Gasteiger partial charge in [-0.1, -0.05) is 24.3 Å².